The molecule has 0 fully saturated rings. The molecule has 2 aromatic rings. The van der Waals surface area contributed by atoms with Crippen molar-refractivity contribution in [2.24, 2.45) is 0 Å². The summed E-state index contributed by atoms with van der Waals surface area (Å²) < 4.78 is 0. The summed E-state index contributed by atoms with van der Waals surface area (Å²) >= 11 is 0. The van der Waals surface area contributed by atoms with Gasteiger partial charge in [-0.2, -0.15) is 0 Å². The molecule has 0 spiro atoms. The second kappa shape index (κ2) is 8.13. The zero-order chi connectivity index (χ0) is 9.97. The van der Waals surface area contributed by atoms with E-state index in [1.807, 2.05) is 36.7 Å². The molecule has 0 unspecified atom stereocenters. The van der Waals surface area contributed by atoms with Gasteiger partial charge in [0.15, 0.2) is 0 Å². The van der Waals surface area contributed by atoms with Crippen molar-refractivity contribution in [2.75, 3.05) is 0 Å². The van der Waals surface area contributed by atoms with Crippen LogP contribution in [0.5, 0.6) is 0 Å². The Morgan fingerprint density at radius 2 is 1.12 bits per heavy atom. The van der Waals surface area contributed by atoms with Gasteiger partial charge in [0.1, 0.15) is 0 Å². The van der Waals surface area contributed by atoms with E-state index >= 15 is 0 Å². The fourth-order valence-corrected chi connectivity index (χ4v) is 1.35. The quantitative estimate of drug-likeness (QED) is 0.672. The van der Waals surface area contributed by atoms with E-state index in [0.717, 1.165) is 11.4 Å². The third-order valence-electron chi connectivity index (χ3n) is 2.09. The first kappa shape index (κ1) is 18.4. The Balaban J connectivity index is 0. The molecule has 0 N–H and O–H groups in total. The Morgan fingerprint density at radius 1 is 0.765 bits per heavy atom. The van der Waals surface area contributed by atoms with Gasteiger partial charge in [0, 0.05) is 12.4 Å². The van der Waals surface area contributed by atoms with Crippen molar-refractivity contribution in [3.63, 3.8) is 0 Å². The molecular weight excluding hydrogens is 391 g/mol. The average Bonchev–Trinajstić information content (AvgIpc) is 2.18. The van der Waals surface area contributed by atoms with Crippen LogP contribution in [-0.2, 0) is 21.1 Å². The van der Waals surface area contributed by atoms with Gasteiger partial charge < -0.3 is 14.9 Å². The van der Waals surface area contributed by atoms with Gasteiger partial charge in [-0.3, -0.25) is 9.97 Å². The summed E-state index contributed by atoms with van der Waals surface area (Å²) in [4.78, 5) is 8.58. The maximum atomic E-state index is 4.29. The predicted octanol–water partition coefficient (Wildman–Crippen LogP) is 3.66. The second-order valence-electron chi connectivity index (χ2n) is 3.44. The molecule has 0 amide bonds. The number of aryl methyl sites for hydroxylation is 2. The fraction of sp³-hybridized carbons (Fsp3) is 0.143. The molecule has 0 saturated heterocycles. The van der Waals surface area contributed by atoms with Crippen LogP contribution in [0.15, 0.2) is 36.7 Å². The molecule has 0 aliphatic rings. The van der Waals surface area contributed by atoms with Crippen molar-refractivity contribution in [1.29, 1.82) is 0 Å². The second-order valence-corrected chi connectivity index (χ2v) is 3.44. The van der Waals surface area contributed by atoms with E-state index < -0.39 is 0 Å². The van der Waals surface area contributed by atoms with Crippen LogP contribution in [0.4, 0.5) is 0 Å². The summed E-state index contributed by atoms with van der Waals surface area (Å²) in [5.41, 5.74) is 4.29. The van der Waals surface area contributed by atoms with Crippen LogP contribution in [0.1, 0.15) is 11.1 Å². The SMILES string of the molecule is Cc1ccnc(-c2cc(C)ccn2)c1.[CH3-].[CH3-].[Pt+2]. The smallest absolute Gasteiger partial charge is 0.358 e. The van der Waals surface area contributed by atoms with Crippen LogP contribution in [0.2, 0.25) is 0 Å². The van der Waals surface area contributed by atoms with Gasteiger partial charge in [-0.1, -0.05) is 0 Å². The van der Waals surface area contributed by atoms with E-state index in [4.69, 9.17) is 0 Å². The van der Waals surface area contributed by atoms with E-state index in [2.05, 4.69) is 23.8 Å². The van der Waals surface area contributed by atoms with Crippen molar-refractivity contribution < 1.29 is 21.1 Å². The molecular formula is C14H18N2Pt. The molecule has 94 valence electrons. The number of hydrogen-bond acceptors (Lipinski definition) is 2. The third-order valence-corrected chi connectivity index (χ3v) is 2.09. The molecule has 2 nitrogen and oxygen atoms in total. The molecule has 2 rings (SSSR count). The maximum absolute atomic E-state index is 4.29. The van der Waals surface area contributed by atoms with Crippen molar-refractivity contribution >= 4 is 0 Å². The minimum Gasteiger partial charge on any atom is -0.358 e. The van der Waals surface area contributed by atoms with Gasteiger partial charge >= 0.3 is 21.1 Å². The molecule has 0 aliphatic heterocycles. The molecule has 0 atom stereocenters. The Hall–Kier alpha value is -1.01. The first-order valence-corrected chi connectivity index (χ1v) is 4.61. The van der Waals surface area contributed by atoms with Gasteiger partial charge in [-0.05, 0) is 49.2 Å². The van der Waals surface area contributed by atoms with E-state index in [9.17, 15) is 0 Å². The minimum absolute atomic E-state index is 0. The molecule has 0 saturated carbocycles. The number of nitrogens with zero attached hydrogens (tertiary/aromatic N) is 2. The third kappa shape index (κ3) is 4.78. The van der Waals surface area contributed by atoms with Crippen LogP contribution in [0.3, 0.4) is 0 Å². The van der Waals surface area contributed by atoms with Gasteiger partial charge in [0.2, 0.25) is 0 Å². The Morgan fingerprint density at radius 3 is 1.41 bits per heavy atom. The van der Waals surface area contributed by atoms with Crippen LogP contribution >= 0.6 is 0 Å². The van der Waals surface area contributed by atoms with E-state index in [0.29, 0.717) is 0 Å². The monoisotopic (exact) mass is 409 g/mol. The molecule has 3 heteroatoms. The van der Waals surface area contributed by atoms with Crippen molar-refractivity contribution in [1.82, 2.24) is 9.97 Å². The summed E-state index contributed by atoms with van der Waals surface area (Å²) in [6.07, 6.45) is 3.63. The molecule has 17 heavy (non-hydrogen) atoms. The van der Waals surface area contributed by atoms with Crippen LogP contribution < -0.4 is 0 Å². The summed E-state index contributed by atoms with van der Waals surface area (Å²) in [5, 5.41) is 0. The first-order chi connectivity index (χ1) is 6.75. The van der Waals surface area contributed by atoms with E-state index in [-0.39, 0.29) is 35.9 Å². The van der Waals surface area contributed by atoms with E-state index in [1.54, 1.807) is 0 Å². The normalized spacial score (nSPS) is 8.35. The number of rotatable bonds is 1. The van der Waals surface area contributed by atoms with Gasteiger partial charge in [0.25, 0.3) is 0 Å². The average molecular weight is 409 g/mol. The predicted molar refractivity (Wildman–Crippen MR) is 69.8 cm³/mol. The summed E-state index contributed by atoms with van der Waals surface area (Å²) in [5.74, 6) is 0. The molecule has 2 heterocycles. The molecule has 2 aromatic heterocycles. The van der Waals surface area contributed by atoms with Gasteiger partial charge in [0.05, 0.1) is 11.4 Å². The van der Waals surface area contributed by atoms with Crippen LogP contribution in [-0.4, -0.2) is 9.97 Å². The number of pyridine rings is 2. The molecule has 0 radical (unpaired) electrons. The summed E-state index contributed by atoms with van der Waals surface area (Å²) in [6.45, 7) is 4.11. The first-order valence-electron chi connectivity index (χ1n) is 4.61. The van der Waals surface area contributed by atoms with E-state index in [1.165, 1.54) is 11.1 Å². The van der Waals surface area contributed by atoms with Crippen molar-refractivity contribution in [3.05, 3.63) is 62.6 Å². The Kier molecular flexibility index (Phi) is 8.78. The van der Waals surface area contributed by atoms with Gasteiger partial charge in [-0.25, -0.2) is 0 Å². The minimum atomic E-state index is 0. The topological polar surface area (TPSA) is 25.8 Å². The maximum Gasteiger partial charge on any atom is 2.00 e. The summed E-state index contributed by atoms with van der Waals surface area (Å²) in [6, 6.07) is 8.06. The molecule has 0 aromatic carbocycles. The zero-order valence-corrected chi connectivity index (χ0v) is 12.9. The van der Waals surface area contributed by atoms with Crippen molar-refractivity contribution in [3.8, 4) is 11.4 Å². The van der Waals surface area contributed by atoms with Crippen LogP contribution in [0, 0.1) is 28.7 Å². The standard InChI is InChI=1S/C12H12N2.2CH3.Pt/c1-9-3-5-13-11(7-9)12-8-10(2)4-6-14-12;;;/h3-8H,1-2H3;2*1H3;/q;2*-1;+2. The zero-order valence-electron chi connectivity index (χ0n) is 10.7. The molecule has 0 bridgehead atoms. The van der Waals surface area contributed by atoms with Crippen LogP contribution in [0.25, 0.3) is 11.4 Å². The van der Waals surface area contributed by atoms with Gasteiger partial charge in [-0.15, -0.1) is 0 Å². The Labute approximate surface area is 119 Å². The number of hydrogen-bond donors (Lipinski definition) is 0. The number of aromatic nitrogens is 2. The molecule has 0 aliphatic carbocycles. The fourth-order valence-electron chi connectivity index (χ4n) is 1.35. The summed E-state index contributed by atoms with van der Waals surface area (Å²) in [7, 11) is 0. The Bertz CT molecular complexity index is 412. The van der Waals surface area contributed by atoms with Crippen molar-refractivity contribution in [2.45, 2.75) is 13.8 Å². The largest absolute Gasteiger partial charge is 2.00 e.